The van der Waals surface area contributed by atoms with Gasteiger partial charge in [-0.1, -0.05) is 0 Å². The van der Waals surface area contributed by atoms with Crippen molar-refractivity contribution in [2.24, 2.45) is 5.41 Å². The molecular formula is C11H17N3O4S. The van der Waals surface area contributed by atoms with E-state index < -0.39 is 15.4 Å². The molecule has 0 aliphatic heterocycles. The molecule has 0 aliphatic rings. The summed E-state index contributed by atoms with van der Waals surface area (Å²) in [4.78, 5) is 24.6. The van der Waals surface area contributed by atoms with Gasteiger partial charge < -0.3 is 10.3 Å². The lowest BCUT2D eigenvalue weighted by molar-refractivity contribution is -0.128. The second-order valence-corrected chi connectivity index (χ2v) is 6.44. The van der Waals surface area contributed by atoms with Gasteiger partial charge in [0.25, 0.3) is 0 Å². The van der Waals surface area contributed by atoms with Crippen molar-refractivity contribution in [3.63, 3.8) is 0 Å². The quantitative estimate of drug-likeness (QED) is 0.673. The molecule has 1 heterocycles. The van der Waals surface area contributed by atoms with Crippen LogP contribution in [0.5, 0.6) is 0 Å². The van der Waals surface area contributed by atoms with Gasteiger partial charge in [0.05, 0.1) is 10.3 Å². The largest absolute Gasteiger partial charge is 0.359 e. The number of sulfonamides is 1. The van der Waals surface area contributed by atoms with Crippen LogP contribution in [-0.2, 0) is 14.8 Å². The summed E-state index contributed by atoms with van der Waals surface area (Å²) >= 11 is 0. The molecular weight excluding hydrogens is 270 g/mol. The van der Waals surface area contributed by atoms with Crippen molar-refractivity contribution in [3.8, 4) is 0 Å². The number of nitrogens with one attached hydrogen (secondary N) is 3. The summed E-state index contributed by atoms with van der Waals surface area (Å²) < 4.78 is 26.2. The first-order valence-electron chi connectivity index (χ1n) is 5.59. The van der Waals surface area contributed by atoms with Crippen molar-refractivity contribution in [2.75, 3.05) is 13.6 Å². The Hall–Kier alpha value is -1.67. The van der Waals surface area contributed by atoms with Crippen LogP contribution in [0.15, 0.2) is 28.0 Å². The van der Waals surface area contributed by atoms with Gasteiger partial charge >= 0.3 is 0 Å². The summed E-state index contributed by atoms with van der Waals surface area (Å²) in [6.07, 6.45) is 1.11. The lowest BCUT2D eigenvalue weighted by atomic mass is 9.93. The van der Waals surface area contributed by atoms with Crippen molar-refractivity contribution in [1.29, 1.82) is 0 Å². The highest BCUT2D eigenvalue weighted by Gasteiger charge is 2.28. The van der Waals surface area contributed by atoms with Crippen LogP contribution < -0.4 is 15.6 Å². The highest BCUT2D eigenvalue weighted by Crippen LogP contribution is 2.15. The number of H-pyrrole nitrogens is 1. The Bertz CT molecular complexity index is 599. The van der Waals surface area contributed by atoms with Gasteiger partial charge in [0.2, 0.25) is 21.5 Å². The van der Waals surface area contributed by atoms with Crippen molar-refractivity contribution >= 4 is 15.9 Å². The summed E-state index contributed by atoms with van der Waals surface area (Å²) in [7, 11) is -2.27. The normalized spacial score (nSPS) is 12.2. The maximum absolute atomic E-state index is 11.9. The number of rotatable bonds is 5. The molecule has 19 heavy (non-hydrogen) atoms. The average molecular weight is 287 g/mol. The fourth-order valence-electron chi connectivity index (χ4n) is 1.34. The molecule has 8 heteroatoms. The van der Waals surface area contributed by atoms with E-state index in [4.69, 9.17) is 0 Å². The van der Waals surface area contributed by atoms with Crippen LogP contribution in [-0.4, -0.2) is 32.9 Å². The van der Waals surface area contributed by atoms with Gasteiger partial charge in [-0.15, -0.1) is 0 Å². The van der Waals surface area contributed by atoms with Crippen LogP contribution in [0.1, 0.15) is 13.8 Å². The fraction of sp³-hybridized carbons (Fsp3) is 0.455. The molecule has 3 N–H and O–H groups in total. The molecule has 0 fully saturated rings. The maximum atomic E-state index is 11.9. The van der Waals surface area contributed by atoms with E-state index in [1.54, 1.807) is 13.8 Å². The molecule has 7 nitrogen and oxygen atoms in total. The Labute approximate surface area is 111 Å². The van der Waals surface area contributed by atoms with Crippen molar-refractivity contribution in [3.05, 3.63) is 28.7 Å². The Morgan fingerprint density at radius 2 is 2.00 bits per heavy atom. The van der Waals surface area contributed by atoms with E-state index in [-0.39, 0.29) is 22.9 Å². The minimum absolute atomic E-state index is 0.0475. The first kappa shape index (κ1) is 15.4. The van der Waals surface area contributed by atoms with E-state index >= 15 is 0 Å². The molecule has 0 bridgehead atoms. The molecule has 1 aromatic heterocycles. The van der Waals surface area contributed by atoms with E-state index in [1.807, 2.05) is 0 Å². The minimum Gasteiger partial charge on any atom is -0.359 e. The smallest absolute Gasteiger partial charge is 0.247 e. The third-order valence-corrected chi connectivity index (χ3v) is 4.01. The predicted octanol–water partition coefficient (Wildman–Crippen LogP) is -0.575. The minimum atomic E-state index is -3.75. The average Bonchev–Trinajstić information content (AvgIpc) is 2.36. The third kappa shape index (κ3) is 3.90. The van der Waals surface area contributed by atoms with Crippen LogP contribution in [0.3, 0.4) is 0 Å². The Balaban J connectivity index is 2.84. The van der Waals surface area contributed by atoms with Gasteiger partial charge in [-0.05, 0) is 19.9 Å². The van der Waals surface area contributed by atoms with Gasteiger partial charge in [-0.3, -0.25) is 9.59 Å². The Kier molecular flexibility index (Phi) is 4.48. The molecule has 106 valence electrons. The fourth-order valence-corrected chi connectivity index (χ4v) is 2.52. The standard InChI is InChI=1S/C11H17N3O4S/c1-11(2,10(16)12-3)7-14-19(17,18)8-4-5-9(15)13-6-8/h4-6,14H,7H2,1-3H3,(H,12,16)(H,13,15). The van der Waals surface area contributed by atoms with Crippen molar-refractivity contribution < 1.29 is 13.2 Å². The van der Waals surface area contributed by atoms with Gasteiger partial charge in [-0.25, -0.2) is 13.1 Å². The maximum Gasteiger partial charge on any atom is 0.247 e. The highest BCUT2D eigenvalue weighted by molar-refractivity contribution is 7.89. The summed E-state index contributed by atoms with van der Waals surface area (Å²) in [5.74, 6) is -0.267. The molecule has 0 spiro atoms. The SMILES string of the molecule is CNC(=O)C(C)(C)CNS(=O)(=O)c1ccc(=O)[nH]c1. The molecule has 0 saturated carbocycles. The number of aromatic nitrogens is 1. The summed E-state index contributed by atoms with van der Waals surface area (Å²) in [6, 6.07) is 2.33. The first-order chi connectivity index (χ1) is 8.69. The van der Waals surface area contributed by atoms with Crippen LogP contribution in [0.25, 0.3) is 0 Å². The van der Waals surface area contributed by atoms with Gasteiger partial charge in [0.15, 0.2) is 0 Å². The van der Waals surface area contributed by atoms with E-state index in [9.17, 15) is 18.0 Å². The number of pyridine rings is 1. The van der Waals surface area contributed by atoms with Crippen LogP contribution in [0.2, 0.25) is 0 Å². The van der Waals surface area contributed by atoms with Gasteiger partial charge in [0, 0.05) is 25.9 Å². The van der Waals surface area contributed by atoms with E-state index in [0.717, 1.165) is 12.3 Å². The number of amides is 1. The molecule has 0 aromatic carbocycles. The molecule has 0 atom stereocenters. The second-order valence-electron chi connectivity index (χ2n) is 4.68. The molecule has 0 radical (unpaired) electrons. The lowest BCUT2D eigenvalue weighted by Crippen LogP contribution is -2.43. The number of aromatic amines is 1. The number of hydrogen-bond donors (Lipinski definition) is 3. The van der Waals surface area contributed by atoms with Crippen LogP contribution in [0, 0.1) is 5.41 Å². The topological polar surface area (TPSA) is 108 Å². The highest BCUT2D eigenvalue weighted by atomic mass is 32.2. The molecule has 1 aromatic rings. The summed E-state index contributed by atoms with van der Waals surface area (Å²) in [6.45, 7) is 3.20. The molecule has 0 saturated heterocycles. The second kappa shape index (κ2) is 5.54. The third-order valence-electron chi connectivity index (χ3n) is 2.61. The molecule has 1 amide bonds. The van der Waals surface area contributed by atoms with Crippen molar-refractivity contribution in [2.45, 2.75) is 18.7 Å². The Morgan fingerprint density at radius 3 is 2.47 bits per heavy atom. The predicted molar refractivity (Wildman–Crippen MR) is 70.1 cm³/mol. The van der Waals surface area contributed by atoms with E-state index in [1.165, 1.54) is 13.1 Å². The van der Waals surface area contributed by atoms with Gasteiger partial charge in [-0.2, -0.15) is 0 Å². The number of carbonyl (C=O) groups excluding carboxylic acids is 1. The lowest BCUT2D eigenvalue weighted by Gasteiger charge is -2.22. The Morgan fingerprint density at radius 1 is 1.37 bits per heavy atom. The molecule has 0 aliphatic carbocycles. The molecule has 1 rings (SSSR count). The van der Waals surface area contributed by atoms with Crippen molar-refractivity contribution in [1.82, 2.24) is 15.0 Å². The zero-order chi connectivity index (χ0) is 14.7. The zero-order valence-corrected chi connectivity index (χ0v) is 11.8. The van der Waals surface area contributed by atoms with Gasteiger partial charge in [0.1, 0.15) is 0 Å². The first-order valence-corrected chi connectivity index (χ1v) is 7.08. The van der Waals surface area contributed by atoms with Crippen LogP contribution >= 0.6 is 0 Å². The zero-order valence-electron chi connectivity index (χ0n) is 11.0. The number of hydrogen-bond acceptors (Lipinski definition) is 4. The van der Waals surface area contributed by atoms with E-state index in [0.29, 0.717) is 0 Å². The number of carbonyl (C=O) groups is 1. The monoisotopic (exact) mass is 287 g/mol. The molecule has 0 unspecified atom stereocenters. The van der Waals surface area contributed by atoms with E-state index in [2.05, 4.69) is 15.0 Å². The summed E-state index contributed by atoms with van der Waals surface area (Å²) in [5, 5.41) is 2.47. The summed E-state index contributed by atoms with van der Waals surface area (Å²) in [5.41, 5.74) is -1.26. The van der Waals surface area contributed by atoms with Crippen LogP contribution in [0.4, 0.5) is 0 Å².